The van der Waals surface area contributed by atoms with Crippen LogP contribution in [0.15, 0.2) is 60.8 Å². The largest absolute Gasteiger partial charge is 0.473 e. The van der Waals surface area contributed by atoms with Gasteiger partial charge in [0.15, 0.2) is 0 Å². The number of halogens is 2. The minimum atomic E-state index is -0.633. The van der Waals surface area contributed by atoms with Gasteiger partial charge in [-0.15, -0.1) is 0 Å². The van der Waals surface area contributed by atoms with Gasteiger partial charge in [0.25, 0.3) is 0 Å². The van der Waals surface area contributed by atoms with Crippen molar-refractivity contribution in [3.63, 3.8) is 0 Å². The van der Waals surface area contributed by atoms with Gasteiger partial charge in [-0.05, 0) is 61.6 Å². The summed E-state index contributed by atoms with van der Waals surface area (Å²) in [7, 11) is 0. The molecule has 4 heterocycles. The van der Waals surface area contributed by atoms with Crippen LogP contribution in [0.4, 0.5) is 14.6 Å². The van der Waals surface area contributed by atoms with E-state index in [0.717, 1.165) is 41.4 Å². The molecule has 1 aliphatic carbocycles. The lowest BCUT2D eigenvalue weighted by molar-refractivity contribution is 0.276. The Morgan fingerprint density at radius 1 is 1.00 bits per heavy atom. The molecule has 2 aromatic carbocycles. The Kier molecular flexibility index (Phi) is 6.21. The molecule has 0 amide bonds. The summed E-state index contributed by atoms with van der Waals surface area (Å²) in [5, 5.41) is 4.91. The number of rotatable bonds is 8. The number of aryl methyl sites for hydroxylation is 1. The minimum Gasteiger partial charge on any atom is -0.473 e. The monoisotopic (exact) mass is 540 g/mol. The van der Waals surface area contributed by atoms with E-state index in [-0.39, 0.29) is 12.2 Å². The molecule has 0 saturated heterocycles. The van der Waals surface area contributed by atoms with Crippen LogP contribution in [0.3, 0.4) is 0 Å². The summed E-state index contributed by atoms with van der Waals surface area (Å²) in [6.07, 6.45) is 6.02. The van der Waals surface area contributed by atoms with Crippen molar-refractivity contribution in [1.29, 1.82) is 0 Å². The van der Waals surface area contributed by atoms with Gasteiger partial charge in [0.2, 0.25) is 5.88 Å². The Morgan fingerprint density at radius 3 is 2.70 bits per heavy atom. The lowest BCUT2D eigenvalue weighted by atomic mass is 9.85. The van der Waals surface area contributed by atoms with E-state index in [1.807, 2.05) is 16.8 Å². The number of hydrogen-bond acceptors (Lipinski definition) is 5. The van der Waals surface area contributed by atoms with E-state index < -0.39 is 11.6 Å². The van der Waals surface area contributed by atoms with E-state index in [9.17, 15) is 8.78 Å². The van der Waals surface area contributed by atoms with E-state index in [1.165, 1.54) is 48.0 Å². The van der Waals surface area contributed by atoms with Crippen LogP contribution in [0.1, 0.15) is 47.5 Å². The van der Waals surface area contributed by atoms with Gasteiger partial charge in [-0.25, -0.2) is 13.8 Å². The second-order valence-electron chi connectivity index (χ2n) is 10.9. The Bertz CT molecular complexity index is 1680. The molecule has 0 spiro atoms. The molecule has 2 aliphatic rings. The molecule has 7 rings (SSSR count). The summed E-state index contributed by atoms with van der Waals surface area (Å²) in [6.45, 7) is 5.09. The molecule has 0 atom stereocenters. The summed E-state index contributed by atoms with van der Waals surface area (Å²) in [6, 6.07) is 15.5. The molecule has 5 aromatic rings. The number of anilines is 1. The third kappa shape index (κ3) is 4.80. The molecule has 0 bridgehead atoms. The maximum Gasteiger partial charge on any atom is 0.215 e. The number of benzene rings is 2. The minimum absolute atomic E-state index is 0.0273. The van der Waals surface area contributed by atoms with E-state index in [2.05, 4.69) is 45.8 Å². The average Bonchev–Trinajstić information content (AvgIpc) is 3.57. The zero-order valence-electron chi connectivity index (χ0n) is 22.4. The van der Waals surface area contributed by atoms with Crippen molar-refractivity contribution in [2.24, 2.45) is 5.92 Å². The fourth-order valence-electron chi connectivity index (χ4n) is 5.59. The molecule has 7 nitrogen and oxygen atoms in total. The molecule has 1 saturated carbocycles. The van der Waals surface area contributed by atoms with Crippen LogP contribution in [0.25, 0.3) is 11.0 Å². The fourth-order valence-corrected chi connectivity index (χ4v) is 5.59. The first-order chi connectivity index (χ1) is 19.5. The van der Waals surface area contributed by atoms with Gasteiger partial charge in [0, 0.05) is 42.5 Å². The van der Waals surface area contributed by atoms with Gasteiger partial charge in [0.1, 0.15) is 29.9 Å². The van der Waals surface area contributed by atoms with Crippen LogP contribution in [-0.2, 0) is 32.8 Å². The van der Waals surface area contributed by atoms with Crippen LogP contribution in [-0.4, -0.2) is 24.3 Å². The predicted octanol–water partition coefficient (Wildman–Crippen LogP) is 6.16. The molecule has 0 radical (unpaired) electrons. The SMILES string of the molecule is Cc1ccc2nc(Cn3cc4c(n3)CN(c3cccc(OCc5ccc(F)cc5F)n3)C4)n(CC3CCC3)c2c1. The normalized spacial score (nSPS) is 15.0. The van der Waals surface area contributed by atoms with Crippen molar-refractivity contribution >= 4 is 16.9 Å². The maximum atomic E-state index is 14.0. The van der Waals surface area contributed by atoms with Gasteiger partial charge in [-0.1, -0.05) is 18.6 Å². The fraction of sp³-hybridized carbons (Fsp3) is 0.323. The number of pyridine rings is 1. The Hall–Kier alpha value is -4.27. The molecule has 204 valence electrons. The van der Waals surface area contributed by atoms with Gasteiger partial charge in [0.05, 0.1) is 29.8 Å². The highest BCUT2D eigenvalue weighted by molar-refractivity contribution is 5.77. The van der Waals surface area contributed by atoms with Crippen LogP contribution < -0.4 is 9.64 Å². The summed E-state index contributed by atoms with van der Waals surface area (Å²) < 4.78 is 37.3. The zero-order chi connectivity index (χ0) is 27.2. The topological polar surface area (TPSA) is 61.0 Å². The van der Waals surface area contributed by atoms with Crippen LogP contribution in [0.2, 0.25) is 0 Å². The number of aromatic nitrogens is 5. The zero-order valence-corrected chi connectivity index (χ0v) is 22.4. The molecule has 40 heavy (non-hydrogen) atoms. The number of hydrogen-bond donors (Lipinski definition) is 0. The van der Waals surface area contributed by atoms with E-state index in [4.69, 9.17) is 14.8 Å². The van der Waals surface area contributed by atoms with Crippen LogP contribution in [0.5, 0.6) is 5.88 Å². The van der Waals surface area contributed by atoms with E-state index in [1.54, 1.807) is 6.07 Å². The molecular formula is C31H30F2N6O. The van der Waals surface area contributed by atoms with Crippen molar-refractivity contribution in [2.45, 2.75) is 59.0 Å². The Morgan fingerprint density at radius 2 is 1.90 bits per heavy atom. The first-order valence-electron chi connectivity index (χ1n) is 13.8. The van der Waals surface area contributed by atoms with E-state index >= 15 is 0 Å². The summed E-state index contributed by atoms with van der Waals surface area (Å²) in [5.41, 5.74) is 5.97. The van der Waals surface area contributed by atoms with Gasteiger partial charge < -0.3 is 14.2 Å². The molecule has 1 aliphatic heterocycles. The number of ether oxygens (including phenoxy) is 1. The smallest absolute Gasteiger partial charge is 0.215 e. The van der Waals surface area contributed by atoms with Crippen molar-refractivity contribution in [3.8, 4) is 5.88 Å². The van der Waals surface area contributed by atoms with Crippen LogP contribution in [0, 0.1) is 24.5 Å². The summed E-state index contributed by atoms with van der Waals surface area (Å²) in [5.74, 6) is 1.69. The van der Waals surface area contributed by atoms with Crippen molar-refractivity contribution < 1.29 is 13.5 Å². The highest BCUT2D eigenvalue weighted by atomic mass is 19.1. The second-order valence-corrected chi connectivity index (χ2v) is 10.9. The molecular weight excluding hydrogens is 510 g/mol. The molecule has 0 N–H and O–H groups in total. The van der Waals surface area contributed by atoms with Gasteiger partial charge >= 0.3 is 0 Å². The Balaban J connectivity index is 1.05. The first-order valence-corrected chi connectivity index (χ1v) is 13.8. The number of nitrogens with zero attached hydrogens (tertiary/aromatic N) is 6. The highest BCUT2D eigenvalue weighted by Crippen LogP contribution is 2.31. The van der Waals surface area contributed by atoms with Crippen molar-refractivity contribution in [2.75, 3.05) is 4.90 Å². The average molecular weight is 541 g/mol. The Labute approximate surface area is 231 Å². The predicted molar refractivity (Wildman–Crippen MR) is 148 cm³/mol. The lowest BCUT2D eigenvalue weighted by Crippen LogP contribution is -2.21. The highest BCUT2D eigenvalue weighted by Gasteiger charge is 2.26. The van der Waals surface area contributed by atoms with Crippen molar-refractivity contribution in [3.05, 3.63) is 101 Å². The third-order valence-corrected chi connectivity index (χ3v) is 8.00. The summed E-state index contributed by atoms with van der Waals surface area (Å²) >= 11 is 0. The standard InChI is InChI=1S/C31H30F2N6O/c1-20-8-11-26-28(12-20)39(14-21-4-2-5-21)30(34-26)18-38-16-23-15-37(17-27(23)36-38)29-6-3-7-31(35-29)40-19-22-9-10-24(32)13-25(22)33/h3,6-13,16,21H,2,4-5,14-15,17-19H2,1H3. The number of fused-ring (bicyclic) bond motifs is 2. The van der Waals surface area contributed by atoms with E-state index in [0.29, 0.717) is 25.5 Å². The third-order valence-electron chi connectivity index (χ3n) is 8.00. The first kappa shape index (κ1) is 24.7. The van der Waals surface area contributed by atoms with Crippen LogP contribution >= 0.6 is 0 Å². The van der Waals surface area contributed by atoms with Gasteiger partial charge in [-0.2, -0.15) is 10.1 Å². The lowest BCUT2D eigenvalue weighted by Gasteiger charge is -2.26. The molecule has 3 aromatic heterocycles. The molecule has 9 heteroatoms. The van der Waals surface area contributed by atoms with Crippen molar-refractivity contribution in [1.82, 2.24) is 24.3 Å². The number of imidazole rings is 1. The maximum absolute atomic E-state index is 14.0. The van der Waals surface area contributed by atoms with Gasteiger partial charge in [-0.3, -0.25) is 4.68 Å². The molecule has 1 fully saturated rings. The molecule has 0 unspecified atom stereocenters. The second kappa shape index (κ2) is 10.0. The summed E-state index contributed by atoms with van der Waals surface area (Å²) in [4.78, 5) is 11.7. The quantitative estimate of drug-likeness (QED) is 0.236.